The van der Waals surface area contributed by atoms with E-state index < -0.39 is 10.0 Å². The number of benzene rings is 2. The SMILES string of the molecule is O=C(Cc1ccc(F)cc1)N1CCN(S(=O)(=O)c2ccccc2Br)CC1. The normalized spacial score (nSPS) is 15.8. The van der Waals surface area contributed by atoms with Crippen molar-refractivity contribution in [3.63, 3.8) is 0 Å². The van der Waals surface area contributed by atoms with Crippen LogP contribution in [0.2, 0.25) is 0 Å². The number of amides is 1. The third kappa shape index (κ3) is 4.13. The van der Waals surface area contributed by atoms with Crippen LogP contribution in [0.25, 0.3) is 0 Å². The second-order valence-corrected chi connectivity index (χ2v) is 8.78. The summed E-state index contributed by atoms with van der Waals surface area (Å²) < 4.78 is 40.4. The topological polar surface area (TPSA) is 57.7 Å². The summed E-state index contributed by atoms with van der Waals surface area (Å²) in [7, 11) is -3.60. The Morgan fingerprint density at radius 1 is 1.00 bits per heavy atom. The van der Waals surface area contributed by atoms with Crippen LogP contribution in [0, 0.1) is 5.82 Å². The lowest BCUT2D eigenvalue weighted by Gasteiger charge is -2.34. The Hall–Kier alpha value is -1.77. The van der Waals surface area contributed by atoms with Crippen LogP contribution in [0.4, 0.5) is 4.39 Å². The molecular weight excluding hydrogens is 423 g/mol. The first-order valence-electron chi connectivity index (χ1n) is 8.15. The fraction of sp³-hybridized carbons (Fsp3) is 0.278. The molecule has 1 fully saturated rings. The molecule has 5 nitrogen and oxygen atoms in total. The number of piperazine rings is 1. The molecule has 0 atom stereocenters. The van der Waals surface area contributed by atoms with Gasteiger partial charge < -0.3 is 4.90 Å². The van der Waals surface area contributed by atoms with Gasteiger partial charge in [0.15, 0.2) is 0 Å². The number of rotatable bonds is 4. The van der Waals surface area contributed by atoms with Crippen molar-refractivity contribution < 1.29 is 17.6 Å². The van der Waals surface area contributed by atoms with Crippen LogP contribution in [-0.2, 0) is 21.2 Å². The molecule has 0 aromatic heterocycles. The largest absolute Gasteiger partial charge is 0.340 e. The van der Waals surface area contributed by atoms with Gasteiger partial charge in [0, 0.05) is 30.7 Å². The van der Waals surface area contributed by atoms with Crippen molar-refractivity contribution in [2.75, 3.05) is 26.2 Å². The monoisotopic (exact) mass is 440 g/mol. The van der Waals surface area contributed by atoms with Crippen molar-refractivity contribution in [1.29, 1.82) is 0 Å². The zero-order valence-corrected chi connectivity index (χ0v) is 16.3. The summed E-state index contributed by atoms with van der Waals surface area (Å²) in [4.78, 5) is 14.3. The second-order valence-electron chi connectivity index (χ2n) is 6.02. The Kier molecular flexibility index (Phi) is 5.74. The number of hydrogen-bond acceptors (Lipinski definition) is 3. The number of nitrogens with zero attached hydrogens (tertiary/aromatic N) is 2. The van der Waals surface area contributed by atoms with Gasteiger partial charge in [-0.05, 0) is 45.8 Å². The maximum atomic E-state index is 12.9. The van der Waals surface area contributed by atoms with Crippen LogP contribution in [0.15, 0.2) is 57.9 Å². The Morgan fingerprint density at radius 3 is 2.23 bits per heavy atom. The summed E-state index contributed by atoms with van der Waals surface area (Å²) in [6, 6.07) is 12.5. The Morgan fingerprint density at radius 2 is 1.62 bits per heavy atom. The van der Waals surface area contributed by atoms with E-state index in [2.05, 4.69) is 15.9 Å². The third-order valence-electron chi connectivity index (χ3n) is 4.31. The van der Waals surface area contributed by atoms with Gasteiger partial charge in [0.1, 0.15) is 5.82 Å². The van der Waals surface area contributed by atoms with Crippen molar-refractivity contribution in [1.82, 2.24) is 9.21 Å². The van der Waals surface area contributed by atoms with Crippen LogP contribution in [-0.4, -0.2) is 49.7 Å². The number of sulfonamides is 1. The Balaban J connectivity index is 1.62. The van der Waals surface area contributed by atoms with Crippen LogP contribution in [0.5, 0.6) is 0 Å². The van der Waals surface area contributed by atoms with E-state index in [4.69, 9.17) is 0 Å². The fourth-order valence-electron chi connectivity index (χ4n) is 2.86. The van der Waals surface area contributed by atoms with Crippen LogP contribution in [0.1, 0.15) is 5.56 Å². The Labute approximate surface area is 160 Å². The molecule has 2 aromatic carbocycles. The molecule has 1 aliphatic heterocycles. The highest BCUT2D eigenvalue weighted by molar-refractivity contribution is 9.10. The number of halogens is 2. The van der Waals surface area contributed by atoms with Gasteiger partial charge in [-0.25, -0.2) is 12.8 Å². The second kappa shape index (κ2) is 7.85. The maximum Gasteiger partial charge on any atom is 0.244 e. The molecule has 0 unspecified atom stereocenters. The van der Waals surface area contributed by atoms with Crippen molar-refractivity contribution in [2.24, 2.45) is 0 Å². The predicted octanol–water partition coefficient (Wildman–Crippen LogP) is 2.66. The predicted molar refractivity (Wildman–Crippen MR) is 99.6 cm³/mol. The standard InChI is InChI=1S/C18H18BrFN2O3S/c19-16-3-1-2-4-17(16)26(24,25)22-11-9-21(10-12-22)18(23)13-14-5-7-15(20)8-6-14/h1-8H,9-13H2. The summed E-state index contributed by atoms with van der Waals surface area (Å²) in [5.41, 5.74) is 0.736. The lowest BCUT2D eigenvalue weighted by molar-refractivity contribution is -0.131. The molecule has 1 amide bonds. The van der Waals surface area contributed by atoms with Gasteiger partial charge in [0.25, 0.3) is 0 Å². The molecule has 1 heterocycles. The minimum Gasteiger partial charge on any atom is -0.340 e. The molecule has 0 radical (unpaired) electrons. The molecule has 0 aliphatic carbocycles. The van der Waals surface area contributed by atoms with E-state index >= 15 is 0 Å². The van der Waals surface area contributed by atoms with Crippen molar-refractivity contribution >= 4 is 31.9 Å². The molecule has 0 spiro atoms. The van der Waals surface area contributed by atoms with E-state index in [9.17, 15) is 17.6 Å². The highest BCUT2D eigenvalue weighted by Crippen LogP contribution is 2.25. The summed E-state index contributed by atoms with van der Waals surface area (Å²) in [6.45, 7) is 1.17. The average Bonchev–Trinajstić information content (AvgIpc) is 2.64. The average molecular weight is 441 g/mol. The first-order valence-corrected chi connectivity index (χ1v) is 10.4. The lowest BCUT2D eigenvalue weighted by atomic mass is 10.1. The zero-order chi connectivity index (χ0) is 18.7. The molecule has 26 heavy (non-hydrogen) atoms. The molecule has 0 N–H and O–H groups in total. The Bertz CT molecular complexity index is 895. The molecule has 0 bridgehead atoms. The van der Waals surface area contributed by atoms with Crippen molar-refractivity contribution in [3.05, 3.63) is 64.4 Å². The van der Waals surface area contributed by atoms with Gasteiger partial charge in [-0.3, -0.25) is 4.79 Å². The van der Waals surface area contributed by atoms with Crippen LogP contribution < -0.4 is 0 Å². The molecule has 0 saturated carbocycles. The van der Waals surface area contributed by atoms with Gasteiger partial charge >= 0.3 is 0 Å². The number of hydrogen-bond donors (Lipinski definition) is 0. The van der Waals surface area contributed by atoms with Crippen molar-refractivity contribution in [2.45, 2.75) is 11.3 Å². The number of carbonyl (C=O) groups excluding carboxylic acids is 1. The van der Waals surface area contributed by atoms with E-state index in [1.807, 2.05) is 0 Å². The minimum atomic E-state index is -3.60. The van der Waals surface area contributed by atoms with Crippen molar-refractivity contribution in [3.8, 4) is 0 Å². The van der Waals surface area contributed by atoms with Gasteiger partial charge in [0.2, 0.25) is 15.9 Å². The summed E-state index contributed by atoms with van der Waals surface area (Å²) in [6.07, 6.45) is 0.178. The van der Waals surface area contributed by atoms with E-state index in [-0.39, 0.29) is 36.1 Å². The smallest absolute Gasteiger partial charge is 0.244 e. The summed E-state index contributed by atoms with van der Waals surface area (Å²) >= 11 is 3.28. The zero-order valence-electron chi connectivity index (χ0n) is 13.9. The lowest BCUT2D eigenvalue weighted by Crippen LogP contribution is -2.50. The van der Waals surface area contributed by atoms with Gasteiger partial charge in [0.05, 0.1) is 11.3 Å². The third-order valence-corrected chi connectivity index (χ3v) is 7.23. The fourth-order valence-corrected chi connectivity index (χ4v) is 5.25. The van der Waals surface area contributed by atoms with E-state index in [1.54, 1.807) is 41.3 Å². The molecule has 138 valence electrons. The van der Waals surface area contributed by atoms with Gasteiger partial charge in [-0.1, -0.05) is 24.3 Å². The first-order chi connectivity index (χ1) is 12.4. The highest BCUT2D eigenvalue weighted by Gasteiger charge is 2.31. The summed E-state index contributed by atoms with van der Waals surface area (Å²) in [5, 5.41) is 0. The minimum absolute atomic E-state index is 0.0884. The van der Waals surface area contributed by atoms with E-state index in [1.165, 1.54) is 16.4 Å². The van der Waals surface area contributed by atoms with Gasteiger partial charge in [-0.15, -0.1) is 0 Å². The highest BCUT2D eigenvalue weighted by atomic mass is 79.9. The van der Waals surface area contributed by atoms with E-state index in [0.717, 1.165) is 5.56 Å². The van der Waals surface area contributed by atoms with Crippen LogP contribution >= 0.6 is 15.9 Å². The molecule has 2 aromatic rings. The van der Waals surface area contributed by atoms with Crippen LogP contribution in [0.3, 0.4) is 0 Å². The molecule has 8 heteroatoms. The number of carbonyl (C=O) groups is 1. The molecule has 1 aliphatic rings. The molecule has 3 rings (SSSR count). The summed E-state index contributed by atoms with van der Waals surface area (Å²) in [5.74, 6) is -0.429. The molecular formula is C18H18BrFN2O3S. The first kappa shape index (κ1) is 19.0. The van der Waals surface area contributed by atoms with E-state index in [0.29, 0.717) is 17.6 Å². The quantitative estimate of drug-likeness (QED) is 0.733. The maximum absolute atomic E-state index is 12.9. The molecule has 1 saturated heterocycles. The van der Waals surface area contributed by atoms with Gasteiger partial charge in [-0.2, -0.15) is 4.31 Å².